The highest BCUT2D eigenvalue weighted by Crippen LogP contribution is 2.31. The molecule has 1 aromatic heterocycles. The van der Waals surface area contributed by atoms with E-state index in [-0.39, 0.29) is 6.42 Å². The maximum absolute atomic E-state index is 10.9. The molecule has 0 bridgehead atoms. The summed E-state index contributed by atoms with van der Waals surface area (Å²) in [7, 11) is 0. The van der Waals surface area contributed by atoms with Gasteiger partial charge in [-0.3, -0.25) is 9.78 Å². The third kappa shape index (κ3) is 3.25. The molecule has 2 aromatic rings. The van der Waals surface area contributed by atoms with Crippen LogP contribution in [0.25, 0.3) is 11.3 Å². The van der Waals surface area contributed by atoms with Crippen molar-refractivity contribution in [2.24, 2.45) is 0 Å². The van der Waals surface area contributed by atoms with Crippen molar-refractivity contribution in [3.8, 4) is 11.3 Å². The van der Waals surface area contributed by atoms with Crippen LogP contribution in [-0.2, 0) is 11.2 Å². The van der Waals surface area contributed by atoms with Crippen LogP contribution in [0.5, 0.6) is 0 Å². The molecule has 1 aromatic carbocycles. The van der Waals surface area contributed by atoms with Crippen molar-refractivity contribution in [2.75, 3.05) is 0 Å². The predicted molar refractivity (Wildman–Crippen MR) is 75.8 cm³/mol. The van der Waals surface area contributed by atoms with Crippen LogP contribution < -0.4 is 0 Å². The standard InChI is InChI=1S/C14H11Cl2NO2/c1-8-4-9(5-13(18)19)14(17-7-8)11-3-2-10(15)6-12(11)16/h2-4,6-7H,5H2,1H3,(H,18,19). The number of hydrogen-bond acceptors (Lipinski definition) is 2. The van der Waals surface area contributed by atoms with E-state index in [1.54, 1.807) is 30.5 Å². The van der Waals surface area contributed by atoms with E-state index in [4.69, 9.17) is 28.3 Å². The first-order chi connectivity index (χ1) is 8.97. The average molecular weight is 296 g/mol. The van der Waals surface area contributed by atoms with E-state index in [0.29, 0.717) is 26.9 Å². The second-order valence-corrected chi connectivity index (χ2v) is 5.06. The molecule has 1 N–H and O–H groups in total. The second-order valence-electron chi connectivity index (χ2n) is 4.22. The van der Waals surface area contributed by atoms with Crippen LogP contribution in [0, 0.1) is 6.92 Å². The molecule has 0 fully saturated rings. The number of carbonyl (C=O) groups is 1. The van der Waals surface area contributed by atoms with Crippen molar-refractivity contribution >= 4 is 29.2 Å². The van der Waals surface area contributed by atoms with Crippen LogP contribution in [0.4, 0.5) is 0 Å². The van der Waals surface area contributed by atoms with E-state index in [0.717, 1.165) is 5.56 Å². The van der Waals surface area contributed by atoms with Gasteiger partial charge in [0.25, 0.3) is 0 Å². The van der Waals surface area contributed by atoms with Gasteiger partial charge in [-0.05, 0) is 36.2 Å². The van der Waals surface area contributed by atoms with Crippen LogP contribution in [0.15, 0.2) is 30.5 Å². The lowest BCUT2D eigenvalue weighted by Gasteiger charge is -2.10. The Morgan fingerprint density at radius 1 is 1.32 bits per heavy atom. The molecule has 0 aliphatic carbocycles. The molecule has 5 heteroatoms. The quantitative estimate of drug-likeness (QED) is 0.931. The van der Waals surface area contributed by atoms with Gasteiger partial charge < -0.3 is 5.11 Å². The number of carboxylic acid groups (broad SMARTS) is 1. The minimum atomic E-state index is -0.904. The fraction of sp³-hybridized carbons (Fsp3) is 0.143. The number of halogens is 2. The summed E-state index contributed by atoms with van der Waals surface area (Å²) in [4.78, 5) is 15.2. The van der Waals surface area contributed by atoms with E-state index in [2.05, 4.69) is 4.98 Å². The van der Waals surface area contributed by atoms with Gasteiger partial charge in [-0.1, -0.05) is 29.3 Å². The highest BCUT2D eigenvalue weighted by molar-refractivity contribution is 6.36. The molecule has 98 valence electrons. The largest absolute Gasteiger partial charge is 0.481 e. The molecule has 0 saturated heterocycles. The molecule has 3 nitrogen and oxygen atoms in total. The molecule has 0 unspecified atom stereocenters. The van der Waals surface area contributed by atoms with Crippen molar-refractivity contribution in [3.05, 3.63) is 51.6 Å². The third-order valence-electron chi connectivity index (χ3n) is 2.63. The minimum Gasteiger partial charge on any atom is -0.481 e. The van der Waals surface area contributed by atoms with Crippen LogP contribution >= 0.6 is 23.2 Å². The molecule has 19 heavy (non-hydrogen) atoms. The van der Waals surface area contributed by atoms with E-state index < -0.39 is 5.97 Å². The summed E-state index contributed by atoms with van der Waals surface area (Å²) >= 11 is 12.0. The van der Waals surface area contributed by atoms with Gasteiger partial charge in [0.15, 0.2) is 0 Å². The Morgan fingerprint density at radius 2 is 2.05 bits per heavy atom. The zero-order chi connectivity index (χ0) is 14.0. The number of carboxylic acids is 1. The highest BCUT2D eigenvalue weighted by atomic mass is 35.5. The molecule has 0 spiro atoms. The van der Waals surface area contributed by atoms with E-state index >= 15 is 0 Å². The smallest absolute Gasteiger partial charge is 0.307 e. The number of aryl methyl sites for hydroxylation is 1. The highest BCUT2D eigenvalue weighted by Gasteiger charge is 2.13. The number of hydrogen-bond donors (Lipinski definition) is 1. The SMILES string of the molecule is Cc1cnc(-c2ccc(Cl)cc2Cl)c(CC(=O)O)c1. The van der Waals surface area contributed by atoms with E-state index in [9.17, 15) is 4.79 Å². The van der Waals surface area contributed by atoms with E-state index in [1.807, 2.05) is 6.92 Å². The van der Waals surface area contributed by atoms with Gasteiger partial charge in [-0.25, -0.2) is 0 Å². The van der Waals surface area contributed by atoms with Crippen molar-refractivity contribution < 1.29 is 9.90 Å². The number of aliphatic carboxylic acids is 1. The summed E-state index contributed by atoms with van der Waals surface area (Å²) in [5.41, 5.74) is 2.80. The van der Waals surface area contributed by atoms with Gasteiger partial charge in [-0.2, -0.15) is 0 Å². The average Bonchev–Trinajstić information content (AvgIpc) is 2.30. The van der Waals surface area contributed by atoms with Crippen LogP contribution in [0.2, 0.25) is 10.0 Å². The van der Waals surface area contributed by atoms with Gasteiger partial charge in [0.1, 0.15) is 0 Å². The Bertz CT molecular complexity index is 641. The Hall–Kier alpha value is -1.58. The molecular weight excluding hydrogens is 285 g/mol. The maximum atomic E-state index is 10.9. The predicted octanol–water partition coefficient (Wildman–Crippen LogP) is 3.99. The fourth-order valence-electron chi connectivity index (χ4n) is 1.85. The lowest BCUT2D eigenvalue weighted by molar-refractivity contribution is -0.136. The Balaban J connectivity index is 2.57. The van der Waals surface area contributed by atoms with E-state index in [1.165, 1.54) is 0 Å². The van der Waals surface area contributed by atoms with Gasteiger partial charge >= 0.3 is 5.97 Å². The number of benzene rings is 1. The first-order valence-electron chi connectivity index (χ1n) is 5.60. The number of nitrogens with zero attached hydrogens (tertiary/aromatic N) is 1. The zero-order valence-corrected chi connectivity index (χ0v) is 11.7. The summed E-state index contributed by atoms with van der Waals surface area (Å²) in [6, 6.07) is 6.87. The second kappa shape index (κ2) is 5.59. The molecule has 0 aliphatic heterocycles. The first kappa shape index (κ1) is 13.8. The summed E-state index contributed by atoms with van der Waals surface area (Å²) < 4.78 is 0. The van der Waals surface area contributed by atoms with Crippen LogP contribution in [0.3, 0.4) is 0 Å². The number of pyridine rings is 1. The summed E-state index contributed by atoms with van der Waals surface area (Å²) in [6.45, 7) is 1.87. The number of aromatic nitrogens is 1. The molecule has 0 aliphatic rings. The molecule has 0 amide bonds. The monoisotopic (exact) mass is 295 g/mol. The number of rotatable bonds is 3. The van der Waals surface area contributed by atoms with Gasteiger partial charge in [-0.15, -0.1) is 0 Å². The molecule has 0 saturated carbocycles. The van der Waals surface area contributed by atoms with Crippen LogP contribution in [0.1, 0.15) is 11.1 Å². The Morgan fingerprint density at radius 3 is 2.68 bits per heavy atom. The van der Waals surface area contributed by atoms with Crippen molar-refractivity contribution in [1.29, 1.82) is 0 Å². The fourth-order valence-corrected chi connectivity index (χ4v) is 2.35. The van der Waals surface area contributed by atoms with Crippen molar-refractivity contribution in [2.45, 2.75) is 13.3 Å². The lowest BCUT2D eigenvalue weighted by Crippen LogP contribution is -2.04. The summed E-state index contributed by atoms with van der Waals surface area (Å²) in [5.74, 6) is -0.904. The first-order valence-corrected chi connectivity index (χ1v) is 6.35. The minimum absolute atomic E-state index is 0.0943. The Kier molecular flexibility index (Phi) is 4.08. The molecule has 0 radical (unpaired) electrons. The van der Waals surface area contributed by atoms with Gasteiger partial charge in [0.2, 0.25) is 0 Å². The Labute approximate surface area is 120 Å². The molecule has 0 atom stereocenters. The topological polar surface area (TPSA) is 50.2 Å². The zero-order valence-electron chi connectivity index (χ0n) is 10.2. The van der Waals surface area contributed by atoms with Crippen LogP contribution in [-0.4, -0.2) is 16.1 Å². The van der Waals surface area contributed by atoms with Crippen molar-refractivity contribution in [1.82, 2.24) is 4.98 Å². The molecular formula is C14H11Cl2NO2. The van der Waals surface area contributed by atoms with Crippen molar-refractivity contribution in [3.63, 3.8) is 0 Å². The van der Waals surface area contributed by atoms with Gasteiger partial charge in [0, 0.05) is 16.8 Å². The van der Waals surface area contributed by atoms with Gasteiger partial charge in [0.05, 0.1) is 17.1 Å². The summed E-state index contributed by atoms with van der Waals surface area (Å²) in [5, 5.41) is 9.94. The normalized spacial score (nSPS) is 10.5. The maximum Gasteiger partial charge on any atom is 0.307 e. The lowest BCUT2D eigenvalue weighted by atomic mass is 10.0. The molecule has 2 rings (SSSR count). The third-order valence-corrected chi connectivity index (χ3v) is 3.18. The molecule has 1 heterocycles. The summed E-state index contributed by atoms with van der Waals surface area (Å²) in [6.07, 6.45) is 1.59.